The van der Waals surface area contributed by atoms with E-state index in [4.69, 9.17) is 17.3 Å². The van der Waals surface area contributed by atoms with E-state index in [1.807, 2.05) is 25.1 Å². The van der Waals surface area contributed by atoms with Gasteiger partial charge in [-0.1, -0.05) is 17.7 Å². The molecule has 0 bridgehead atoms. The van der Waals surface area contributed by atoms with Crippen molar-refractivity contribution in [2.75, 3.05) is 5.73 Å². The van der Waals surface area contributed by atoms with E-state index in [0.717, 1.165) is 15.6 Å². The van der Waals surface area contributed by atoms with Crippen molar-refractivity contribution in [2.45, 2.75) is 13.5 Å². The summed E-state index contributed by atoms with van der Waals surface area (Å²) in [4.78, 5) is 0. The number of hydrogen-bond acceptors (Lipinski definition) is 2. The molecular weight excluding hydrogens is 289 g/mol. The van der Waals surface area contributed by atoms with Crippen molar-refractivity contribution in [1.82, 2.24) is 9.78 Å². The molecule has 2 N–H and O–H groups in total. The van der Waals surface area contributed by atoms with E-state index in [-0.39, 0.29) is 0 Å². The van der Waals surface area contributed by atoms with Gasteiger partial charge in [-0.3, -0.25) is 0 Å². The zero-order valence-electron chi connectivity index (χ0n) is 8.74. The second kappa shape index (κ2) is 4.47. The highest BCUT2D eigenvalue weighted by molar-refractivity contribution is 9.10. The van der Waals surface area contributed by atoms with E-state index in [2.05, 4.69) is 21.0 Å². The Morgan fingerprint density at radius 1 is 1.50 bits per heavy atom. The van der Waals surface area contributed by atoms with Gasteiger partial charge in [-0.25, -0.2) is 4.68 Å². The number of halogens is 2. The van der Waals surface area contributed by atoms with Gasteiger partial charge in [0.05, 0.1) is 17.8 Å². The van der Waals surface area contributed by atoms with E-state index in [0.29, 0.717) is 17.4 Å². The SMILES string of the molecule is Cc1cnn(Cc2ccc(Cl)c(Br)c2)c1N. The highest BCUT2D eigenvalue weighted by Gasteiger charge is 2.05. The zero-order chi connectivity index (χ0) is 11.7. The Labute approximate surface area is 107 Å². The molecule has 0 radical (unpaired) electrons. The van der Waals surface area contributed by atoms with Gasteiger partial charge in [0.1, 0.15) is 5.82 Å². The number of anilines is 1. The third kappa shape index (κ3) is 2.23. The van der Waals surface area contributed by atoms with Crippen LogP contribution >= 0.6 is 27.5 Å². The average molecular weight is 301 g/mol. The summed E-state index contributed by atoms with van der Waals surface area (Å²) in [5.74, 6) is 0.700. The highest BCUT2D eigenvalue weighted by Crippen LogP contribution is 2.24. The molecule has 16 heavy (non-hydrogen) atoms. The lowest BCUT2D eigenvalue weighted by Gasteiger charge is -2.06. The number of nitrogens with zero attached hydrogens (tertiary/aromatic N) is 2. The summed E-state index contributed by atoms with van der Waals surface area (Å²) in [5, 5.41) is 4.91. The van der Waals surface area contributed by atoms with Gasteiger partial charge in [-0.15, -0.1) is 0 Å². The lowest BCUT2D eigenvalue weighted by Crippen LogP contribution is -2.06. The number of nitrogen functional groups attached to an aromatic ring is 1. The molecule has 5 heteroatoms. The minimum atomic E-state index is 0.648. The van der Waals surface area contributed by atoms with Gasteiger partial charge in [-0.2, -0.15) is 5.10 Å². The van der Waals surface area contributed by atoms with Gasteiger partial charge in [0.25, 0.3) is 0 Å². The molecule has 1 heterocycles. The lowest BCUT2D eigenvalue weighted by atomic mass is 10.2. The number of rotatable bonds is 2. The zero-order valence-corrected chi connectivity index (χ0v) is 11.1. The lowest BCUT2D eigenvalue weighted by molar-refractivity contribution is 0.697. The molecule has 1 aromatic carbocycles. The first-order valence-corrected chi connectivity index (χ1v) is 5.97. The molecule has 0 aliphatic carbocycles. The van der Waals surface area contributed by atoms with Gasteiger partial charge in [0.2, 0.25) is 0 Å². The average Bonchev–Trinajstić information content (AvgIpc) is 2.55. The fraction of sp³-hybridized carbons (Fsp3) is 0.182. The summed E-state index contributed by atoms with van der Waals surface area (Å²) in [6, 6.07) is 5.79. The van der Waals surface area contributed by atoms with Crippen LogP contribution in [0.3, 0.4) is 0 Å². The van der Waals surface area contributed by atoms with Crippen molar-refractivity contribution < 1.29 is 0 Å². The number of aromatic nitrogens is 2. The van der Waals surface area contributed by atoms with Crippen LogP contribution in [0.4, 0.5) is 5.82 Å². The normalized spacial score (nSPS) is 10.7. The van der Waals surface area contributed by atoms with Crippen LogP contribution in [0.1, 0.15) is 11.1 Å². The molecule has 0 unspecified atom stereocenters. The monoisotopic (exact) mass is 299 g/mol. The van der Waals surface area contributed by atoms with Crippen LogP contribution in [0.25, 0.3) is 0 Å². The van der Waals surface area contributed by atoms with Crippen molar-refractivity contribution >= 4 is 33.3 Å². The maximum absolute atomic E-state index is 5.93. The highest BCUT2D eigenvalue weighted by atomic mass is 79.9. The quantitative estimate of drug-likeness (QED) is 0.925. The van der Waals surface area contributed by atoms with Crippen LogP contribution in [-0.4, -0.2) is 9.78 Å². The molecule has 2 aromatic rings. The molecule has 0 saturated carbocycles. The molecular formula is C11H11BrClN3. The molecule has 0 aliphatic heterocycles. The number of nitrogens with two attached hydrogens (primary N) is 1. The van der Waals surface area contributed by atoms with Gasteiger partial charge in [0.15, 0.2) is 0 Å². The summed E-state index contributed by atoms with van der Waals surface area (Å²) in [6.07, 6.45) is 1.76. The Morgan fingerprint density at radius 3 is 2.81 bits per heavy atom. The van der Waals surface area contributed by atoms with Crippen LogP contribution in [-0.2, 0) is 6.54 Å². The topological polar surface area (TPSA) is 43.8 Å². The molecule has 3 nitrogen and oxygen atoms in total. The van der Waals surface area contributed by atoms with Gasteiger partial charge in [0, 0.05) is 10.0 Å². The number of benzene rings is 1. The predicted octanol–water partition coefficient (Wildman–Crippen LogP) is 3.24. The summed E-state index contributed by atoms with van der Waals surface area (Å²) in [5.41, 5.74) is 7.98. The van der Waals surface area contributed by atoms with Crippen LogP contribution in [0.15, 0.2) is 28.9 Å². The van der Waals surface area contributed by atoms with E-state index < -0.39 is 0 Å². The molecule has 0 spiro atoms. The molecule has 1 aromatic heterocycles. The van der Waals surface area contributed by atoms with Crippen molar-refractivity contribution in [3.8, 4) is 0 Å². The maximum Gasteiger partial charge on any atom is 0.124 e. The molecule has 84 valence electrons. The Morgan fingerprint density at radius 2 is 2.25 bits per heavy atom. The largest absolute Gasteiger partial charge is 0.384 e. The molecule has 0 fully saturated rings. The standard InChI is InChI=1S/C11H11BrClN3/c1-7-5-15-16(11(7)14)6-8-2-3-10(13)9(12)4-8/h2-5H,6,14H2,1H3. The van der Waals surface area contributed by atoms with Gasteiger partial charge in [-0.05, 0) is 40.5 Å². The van der Waals surface area contributed by atoms with Crippen molar-refractivity contribution in [3.05, 3.63) is 45.0 Å². The smallest absolute Gasteiger partial charge is 0.124 e. The van der Waals surface area contributed by atoms with Gasteiger partial charge < -0.3 is 5.73 Å². The number of aryl methyl sites for hydroxylation is 1. The Balaban J connectivity index is 2.27. The number of hydrogen-bond donors (Lipinski definition) is 1. The Bertz CT molecular complexity index is 522. The Kier molecular flexibility index (Phi) is 3.21. The van der Waals surface area contributed by atoms with Crippen molar-refractivity contribution in [1.29, 1.82) is 0 Å². The van der Waals surface area contributed by atoms with Crippen molar-refractivity contribution in [2.24, 2.45) is 0 Å². The van der Waals surface area contributed by atoms with Crippen LogP contribution in [0, 0.1) is 6.92 Å². The van der Waals surface area contributed by atoms with Crippen LogP contribution in [0.2, 0.25) is 5.02 Å². The summed E-state index contributed by atoms with van der Waals surface area (Å²) in [7, 11) is 0. The molecule has 0 aliphatic rings. The molecule has 0 atom stereocenters. The second-order valence-corrected chi connectivity index (χ2v) is 4.88. The minimum absolute atomic E-state index is 0.648. The molecule has 2 rings (SSSR count). The van der Waals surface area contributed by atoms with E-state index >= 15 is 0 Å². The van der Waals surface area contributed by atoms with Crippen LogP contribution in [0.5, 0.6) is 0 Å². The fourth-order valence-electron chi connectivity index (χ4n) is 1.43. The minimum Gasteiger partial charge on any atom is -0.384 e. The van der Waals surface area contributed by atoms with Crippen LogP contribution < -0.4 is 5.73 Å². The van der Waals surface area contributed by atoms with Crippen molar-refractivity contribution in [3.63, 3.8) is 0 Å². The second-order valence-electron chi connectivity index (χ2n) is 3.62. The van der Waals surface area contributed by atoms with Gasteiger partial charge >= 0.3 is 0 Å². The van der Waals surface area contributed by atoms with E-state index in [1.54, 1.807) is 10.9 Å². The first-order chi connectivity index (χ1) is 7.58. The predicted molar refractivity (Wildman–Crippen MR) is 69.6 cm³/mol. The summed E-state index contributed by atoms with van der Waals surface area (Å²) >= 11 is 9.32. The first-order valence-electron chi connectivity index (χ1n) is 4.79. The third-order valence-electron chi connectivity index (χ3n) is 2.39. The summed E-state index contributed by atoms with van der Waals surface area (Å²) in [6.45, 7) is 2.59. The Hall–Kier alpha value is -1.00. The maximum atomic E-state index is 5.93. The molecule has 0 saturated heterocycles. The fourth-order valence-corrected chi connectivity index (χ4v) is 1.97. The van der Waals surface area contributed by atoms with E-state index in [9.17, 15) is 0 Å². The summed E-state index contributed by atoms with van der Waals surface area (Å²) < 4.78 is 2.65. The molecule has 0 amide bonds. The first kappa shape index (κ1) is 11.5. The third-order valence-corrected chi connectivity index (χ3v) is 3.60. The van der Waals surface area contributed by atoms with E-state index in [1.165, 1.54) is 0 Å².